The van der Waals surface area contributed by atoms with Crippen LogP contribution in [0.4, 0.5) is 0 Å². The number of nitrogens with two attached hydrogens (primary N) is 1. The lowest BCUT2D eigenvalue weighted by atomic mass is 9.74. The highest BCUT2D eigenvalue weighted by atomic mass is 16.5. The van der Waals surface area contributed by atoms with Gasteiger partial charge < -0.3 is 10.3 Å². The molecule has 2 unspecified atom stereocenters. The summed E-state index contributed by atoms with van der Waals surface area (Å²) in [6, 6.07) is 0. The molecule has 4 heteroatoms. The van der Waals surface area contributed by atoms with Gasteiger partial charge in [-0.15, -0.1) is 0 Å². The molecule has 0 saturated heterocycles. The zero-order valence-corrected chi connectivity index (χ0v) is 11.9. The van der Waals surface area contributed by atoms with E-state index in [9.17, 15) is 0 Å². The van der Waals surface area contributed by atoms with E-state index in [0.717, 1.165) is 30.5 Å². The summed E-state index contributed by atoms with van der Waals surface area (Å²) < 4.78 is 5.60. The van der Waals surface area contributed by atoms with Crippen molar-refractivity contribution in [2.45, 2.75) is 69.6 Å². The number of rotatable bonds is 3. The molecule has 1 heterocycles. The van der Waals surface area contributed by atoms with Gasteiger partial charge in [-0.25, -0.2) is 0 Å². The van der Waals surface area contributed by atoms with E-state index in [0.29, 0.717) is 12.5 Å². The molecule has 0 radical (unpaired) electrons. The summed E-state index contributed by atoms with van der Waals surface area (Å²) in [4.78, 5) is 4.74. The second kappa shape index (κ2) is 5.23. The molecular weight excluding hydrogens is 238 g/mol. The van der Waals surface area contributed by atoms with Crippen LogP contribution in [0.2, 0.25) is 0 Å². The van der Waals surface area contributed by atoms with Gasteiger partial charge >= 0.3 is 0 Å². The van der Waals surface area contributed by atoms with Crippen LogP contribution >= 0.6 is 0 Å². The molecule has 4 nitrogen and oxygen atoms in total. The molecule has 2 fully saturated rings. The summed E-state index contributed by atoms with van der Waals surface area (Å²) in [5, 5.41) is 4.26. The van der Waals surface area contributed by atoms with Gasteiger partial charge in [-0.2, -0.15) is 4.98 Å². The first-order chi connectivity index (χ1) is 9.23. The molecule has 106 valence electrons. The van der Waals surface area contributed by atoms with Crippen molar-refractivity contribution in [3.05, 3.63) is 11.7 Å². The summed E-state index contributed by atoms with van der Waals surface area (Å²) in [7, 11) is 0. The van der Waals surface area contributed by atoms with E-state index in [1.807, 2.05) is 0 Å². The highest BCUT2D eigenvalue weighted by Crippen LogP contribution is 2.40. The fraction of sp³-hybridized carbons (Fsp3) is 0.867. The van der Waals surface area contributed by atoms with E-state index in [1.54, 1.807) is 0 Å². The van der Waals surface area contributed by atoms with E-state index in [2.05, 4.69) is 12.1 Å². The van der Waals surface area contributed by atoms with E-state index in [1.165, 1.54) is 38.5 Å². The fourth-order valence-corrected chi connectivity index (χ4v) is 3.79. The van der Waals surface area contributed by atoms with Gasteiger partial charge in [0.2, 0.25) is 5.89 Å². The normalized spacial score (nSPS) is 30.6. The minimum atomic E-state index is -0.0340. The summed E-state index contributed by atoms with van der Waals surface area (Å²) in [6.07, 6.45) is 9.67. The Morgan fingerprint density at radius 1 is 1.26 bits per heavy atom. The minimum absolute atomic E-state index is 0.0340. The second-order valence-corrected chi connectivity index (χ2v) is 6.62. The van der Waals surface area contributed by atoms with Crippen LogP contribution in [0.15, 0.2) is 4.52 Å². The van der Waals surface area contributed by atoms with E-state index < -0.39 is 0 Å². The zero-order valence-electron chi connectivity index (χ0n) is 11.9. The Morgan fingerprint density at radius 2 is 2.05 bits per heavy atom. The van der Waals surface area contributed by atoms with Crippen LogP contribution in [0.1, 0.15) is 75.9 Å². The third-order valence-corrected chi connectivity index (χ3v) is 5.16. The first-order valence-electron chi connectivity index (χ1n) is 7.78. The van der Waals surface area contributed by atoms with Gasteiger partial charge in [-0.1, -0.05) is 31.3 Å². The lowest BCUT2D eigenvalue weighted by Gasteiger charge is -2.32. The lowest BCUT2D eigenvalue weighted by Crippen LogP contribution is -2.37. The smallest absolute Gasteiger partial charge is 0.234 e. The van der Waals surface area contributed by atoms with Gasteiger partial charge in [0.15, 0.2) is 5.82 Å². The summed E-state index contributed by atoms with van der Waals surface area (Å²) >= 11 is 0. The Balaban J connectivity index is 1.79. The molecule has 0 spiro atoms. The highest BCUT2D eigenvalue weighted by Gasteiger charge is 2.39. The predicted octanol–water partition coefficient (Wildman–Crippen LogP) is 3.13. The zero-order chi connectivity index (χ0) is 13.3. The third-order valence-electron chi connectivity index (χ3n) is 5.16. The van der Waals surface area contributed by atoms with Crippen LogP contribution in [0.5, 0.6) is 0 Å². The average molecular weight is 263 g/mol. The first kappa shape index (κ1) is 13.1. The standard InChI is InChI=1S/C15H25N3O/c1-11-5-6-12(9-11)13-17-14(19-18-13)15(10-16)7-3-2-4-8-15/h11-12H,2-10,16H2,1H3. The molecule has 2 atom stereocenters. The Bertz CT molecular complexity index is 423. The Labute approximate surface area is 115 Å². The van der Waals surface area contributed by atoms with Crippen molar-refractivity contribution in [2.24, 2.45) is 11.7 Å². The molecule has 0 aliphatic heterocycles. The van der Waals surface area contributed by atoms with Gasteiger partial charge in [0.05, 0.1) is 5.41 Å². The van der Waals surface area contributed by atoms with E-state index in [-0.39, 0.29) is 5.41 Å². The topological polar surface area (TPSA) is 64.9 Å². The van der Waals surface area contributed by atoms with Crippen molar-refractivity contribution in [3.63, 3.8) is 0 Å². The van der Waals surface area contributed by atoms with Crippen molar-refractivity contribution >= 4 is 0 Å². The largest absolute Gasteiger partial charge is 0.339 e. The molecule has 2 aliphatic rings. The summed E-state index contributed by atoms with van der Waals surface area (Å²) in [6.45, 7) is 2.94. The number of nitrogens with zero attached hydrogens (tertiary/aromatic N) is 2. The number of hydrogen-bond acceptors (Lipinski definition) is 4. The van der Waals surface area contributed by atoms with Crippen molar-refractivity contribution in [2.75, 3.05) is 6.54 Å². The molecule has 2 aliphatic carbocycles. The molecule has 2 N–H and O–H groups in total. The average Bonchev–Trinajstić information content (AvgIpc) is 3.08. The molecule has 19 heavy (non-hydrogen) atoms. The molecule has 0 aromatic carbocycles. The first-order valence-corrected chi connectivity index (χ1v) is 7.78. The third kappa shape index (κ3) is 2.42. The number of hydrogen-bond donors (Lipinski definition) is 1. The van der Waals surface area contributed by atoms with Gasteiger partial charge in [0.25, 0.3) is 0 Å². The van der Waals surface area contributed by atoms with Crippen LogP contribution < -0.4 is 5.73 Å². The fourth-order valence-electron chi connectivity index (χ4n) is 3.79. The van der Waals surface area contributed by atoms with Crippen LogP contribution in [-0.2, 0) is 5.41 Å². The highest BCUT2D eigenvalue weighted by molar-refractivity contribution is 5.10. The van der Waals surface area contributed by atoms with Crippen molar-refractivity contribution in [3.8, 4) is 0 Å². The molecule has 3 rings (SSSR count). The molecule has 0 amide bonds. The van der Waals surface area contributed by atoms with Crippen molar-refractivity contribution in [1.82, 2.24) is 10.1 Å². The van der Waals surface area contributed by atoms with Gasteiger partial charge in [-0.3, -0.25) is 0 Å². The van der Waals surface area contributed by atoms with Crippen molar-refractivity contribution < 1.29 is 4.52 Å². The van der Waals surface area contributed by atoms with Crippen LogP contribution in [0.25, 0.3) is 0 Å². The maximum absolute atomic E-state index is 6.03. The van der Waals surface area contributed by atoms with E-state index >= 15 is 0 Å². The van der Waals surface area contributed by atoms with Gasteiger partial charge in [-0.05, 0) is 38.0 Å². The Kier molecular flexibility index (Phi) is 3.61. The van der Waals surface area contributed by atoms with Crippen LogP contribution in [0.3, 0.4) is 0 Å². The maximum atomic E-state index is 6.03. The van der Waals surface area contributed by atoms with E-state index in [4.69, 9.17) is 15.2 Å². The van der Waals surface area contributed by atoms with Gasteiger partial charge in [0.1, 0.15) is 0 Å². The van der Waals surface area contributed by atoms with Crippen molar-refractivity contribution in [1.29, 1.82) is 0 Å². The second-order valence-electron chi connectivity index (χ2n) is 6.62. The SMILES string of the molecule is CC1CCC(c2noc(C3(CN)CCCCC3)n2)C1. The maximum Gasteiger partial charge on any atom is 0.234 e. The minimum Gasteiger partial charge on any atom is -0.339 e. The van der Waals surface area contributed by atoms with Crippen LogP contribution in [-0.4, -0.2) is 16.7 Å². The predicted molar refractivity (Wildman–Crippen MR) is 73.9 cm³/mol. The summed E-state index contributed by atoms with van der Waals surface area (Å²) in [5.74, 6) is 3.04. The molecule has 1 aromatic rings. The molecule has 1 aromatic heterocycles. The molecule has 2 saturated carbocycles. The van der Waals surface area contributed by atoms with Crippen LogP contribution in [0, 0.1) is 5.92 Å². The summed E-state index contributed by atoms with van der Waals surface area (Å²) in [5.41, 5.74) is 5.99. The lowest BCUT2D eigenvalue weighted by molar-refractivity contribution is 0.219. The van der Waals surface area contributed by atoms with Gasteiger partial charge in [0, 0.05) is 12.5 Å². The number of aromatic nitrogens is 2. The molecule has 0 bridgehead atoms. The molecular formula is C15H25N3O. The monoisotopic (exact) mass is 263 g/mol. The Hall–Kier alpha value is -0.900. The quantitative estimate of drug-likeness (QED) is 0.910. The Morgan fingerprint density at radius 3 is 2.68 bits per heavy atom.